The highest BCUT2D eigenvalue weighted by Crippen LogP contribution is 2.30. The fourth-order valence-corrected chi connectivity index (χ4v) is 2.77. The number of nitrogens with two attached hydrogens (primary N) is 1. The van der Waals surface area contributed by atoms with E-state index in [9.17, 15) is 0 Å². The Labute approximate surface area is 114 Å². The first kappa shape index (κ1) is 14.0. The van der Waals surface area contributed by atoms with Crippen LogP contribution in [0.15, 0.2) is 24.3 Å². The molecule has 0 radical (unpaired) electrons. The van der Waals surface area contributed by atoms with E-state index in [-0.39, 0.29) is 12.1 Å². The standard InChI is InChI=1S/C15H21N3O/c1-19-10-9-18-8-2-3-14(17)15(18)13-6-4-12(11-16)5-7-13/h4-7,14-15H,2-3,8-10,17H2,1H3. The zero-order chi connectivity index (χ0) is 13.7. The molecule has 1 aliphatic heterocycles. The van der Waals surface area contributed by atoms with Gasteiger partial charge in [-0.25, -0.2) is 0 Å². The van der Waals surface area contributed by atoms with E-state index in [4.69, 9.17) is 15.7 Å². The zero-order valence-corrected chi connectivity index (χ0v) is 11.4. The fourth-order valence-electron chi connectivity index (χ4n) is 2.77. The summed E-state index contributed by atoms with van der Waals surface area (Å²) in [5.74, 6) is 0. The molecule has 2 N–H and O–H groups in total. The van der Waals surface area contributed by atoms with Crippen molar-refractivity contribution in [1.82, 2.24) is 4.90 Å². The summed E-state index contributed by atoms with van der Waals surface area (Å²) < 4.78 is 5.17. The number of hydrogen-bond donors (Lipinski definition) is 1. The number of ether oxygens (including phenoxy) is 1. The third-order valence-electron chi connectivity index (χ3n) is 3.75. The largest absolute Gasteiger partial charge is 0.383 e. The topological polar surface area (TPSA) is 62.3 Å². The molecule has 0 spiro atoms. The second-order valence-electron chi connectivity index (χ2n) is 5.01. The minimum absolute atomic E-state index is 0.151. The van der Waals surface area contributed by atoms with Gasteiger partial charge in [0, 0.05) is 25.7 Å². The van der Waals surface area contributed by atoms with E-state index in [0.29, 0.717) is 5.56 Å². The molecule has 1 aliphatic rings. The lowest BCUT2D eigenvalue weighted by molar-refractivity contribution is 0.0848. The molecule has 1 saturated heterocycles. The Morgan fingerprint density at radius 3 is 2.79 bits per heavy atom. The van der Waals surface area contributed by atoms with E-state index in [1.54, 1.807) is 7.11 Å². The quantitative estimate of drug-likeness (QED) is 0.893. The summed E-state index contributed by atoms with van der Waals surface area (Å²) in [6, 6.07) is 10.3. The normalized spacial score (nSPS) is 24.1. The second kappa shape index (κ2) is 6.67. The molecule has 1 aromatic carbocycles. The van der Waals surface area contributed by atoms with Crippen LogP contribution in [0.4, 0.5) is 0 Å². The third kappa shape index (κ3) is 3.32. The van der Waals surface area contributed by atoms with Crippen LogP contribution in [0.5, 0.6) is 0 Å². The van der Waals surface area contributed by atoms with Crippen LogP contribution in [-0.4, -0.2) is 37.7 Å². The predicted molar refractivity (Wildman–Crippen MR) is 74.6 cm³/mol. The zero-order valence-electron chi connectivity index (χ0n) is 11.4. The molecule has 0 bridgehead atoms. The molecule has 0 aromatic heterocycles. The van der Waals surface area contributed by atoms with Crippen LogP contribution in [-0.2, 0) is 4.74 Å². The van der Waals surface area contributed by atoms with Gasteiger partial charge in [0.25, 0.3) is 0 Å². The fraction of sp³-hybridized carbons (Fsp3) is 0.533. The van der Waals surface area contributed by atoms with Crippen LogP contribution in [0.3, 0.4) is 0 Å². The van der Waals surface area contributed by atoms with Gasteiger partial charge in [0.1, 0.15) is 0 Å². The van der Waals surface area contributed by atoms with E-state index in [2.05, 4.69) is 11.0 Å². The lowest BCUT2D eigenvalue weighted by Crippen LogP contribution is -2.46. The molecule has 0 aliphatic carbocycles. The molecule has 0 saturated carbocycles. The van der Waals surface area contributed by atoms with Crippen molar-refractivity contribution in [2.75, 3.05) is 26.8 Å². The molecule has 2 unspecified atom stereocenters. The summed E-state index contributed by atoms with van der Waals surface area (Å²) >= 11 is 0. The van der Waals surface area contributed by atoms with Gasteiger partial charge in [-0.2, -0.15) is 5.26 Å². The van der Waals surface area contributed by atoms with Gasteiger partial charge in [0.15, 0.2) is 0 Å². The van der Waals surface area contributed by atoms with Crippen LogP contribution in [0, 0.1) is 11.3 Å². The lowest BCUT2D eigenvalue weighted by Gasteiger charge is -2.40. The number of benzene rings is 1. The Balaban J connectivity index is 2.18. The molecular formula is C15H21N3O. The van der Waals surface area contributed by atoms with Gasteiger partial charge in [-0.05, 0) is 37.1 Å². The maximum Gasteiger partial charge on any atom is 0.0991 e. The average Bonchev–Trinajstić information content (AvgIpc) is 2.45. The van der Waals surface area contributed by atoms with Gasteiger partial charge in [0.2, 0.25) is 0 Å². The SMILES string of the molecule is COCCN1CCCC(N)C1c1ccc(C#N)cc1. The summed E-state index contributed by atoms with van der Waals surface area (Å²) in [5.41, 5.74) is 8.18. The van der Waals surface area contributed by atoms with Crippen LogP contribution in [0.2, 0.25) is 0 Å². The Bertz CT molecular complexity index is 438. The Hall–Kier alpha value is -1.41. The third-order valence-corrected chi connectivity index (χ3v) is 3.75. The maximum absolute atomic E-state index is 8.86. The van der Waals surface area contributed by atoms with Crippen molar-refractivity contribution in [1.29, 1.82) is 5.26 Å². The Kier molecular flexibility index (Phi) is 4.92. The van der Waals surface area contributed by atoms with Gasteiger partial charge >= 0.3 is 0 Å². The van der Waals surface area contributed by atoms with Crippen molar-refractivity contribution < 1.29 is 4.74 Å². The van der Waals surface area contributed by atoms with Gasteiger partial charge in [-0.1, -0.05) is 12.1 Å². The number of rotatable bonds is 4. The van der Waals surface area contributed by atoms with Gasteiger partial charge < -0.3 is 10.5 Å². The Morgan fingerprint density at radius 1 is 1.42 bits per heavy atom. The highest BCUT2D eigenvalue weighted by Gasteiger charge is 2.29. The van der Waals surface area contributed by atoms with Crippen molar-refractivity contribution in [3.63, 3.8) is 0 Å². The summed E-state index contributed by atoms with van der Waals surface area (Å²) in [6.45, 7) is 2.68. The molecule has 4 nitrogen and oxygen atoms in total. The number of hydrogen-bond acceptors (Lipinski definition) is 4. The molecule has 1 heterocycles. The van der Waals surface area contributed by atoms with E-state index in [1.165, 1.54) is 5.56 Å². The number of methoxy groups -OCH3 is 1. The number of piperidine rings is 1. The summed E-state index contributed by atoms with van der Waals surface area (Å²) in [6.07, 6.45) is 2.19. The van der Waals surface area contributed by atoms with Crippen molar-refractivity contribution in [2.45, 2.75) is 24.9 Å². The van der Waals surface area contributed by atoms with Gasteiger partial charge in [-0.3, -0.25) is 4.90 Å². The Morgan fingerprint density at radius 2 is 2.16 bits per heavy atom. The second-order valence-corrected chi connectivity index (χ2v) is 5.01. The molecule has 4 heteroatoms. The van der Waals surface area contributed by atoms with Crippen molar-refractivity contribution in [3.05, 3.63) is 35.4 Å². The van der Waals surface area contributed by atoms with Crippen LogP contribution < -0.4 is 5.73 Å². The summed E-state index contributed by atoms with van der Waals surface area (Å²) in [4.78, 5) is 2.39. The first-order valence-electron chi connectivity index (χ1n) is 6.75. The maximum atomic E-state index is 8.86. The smallest absolute Gasteiger partial charge is 0.0991 e. The summed E-state index contributed by atoms with van der Waals surface area (Å²) in [5, 5.41) is 8.86. The minimum atomic E-state index is 0.151. The average molecular weight is 259 g/mol. The van der Waals surface area contributed by atoms with Crippen LogP contribution >= 0.6 is 0 Å². The first-order valence-corrected chi connectivity index (χ1v) is 6.75. The van der Waals surface area contributed by atoms with Gasteiger partial charge in [-0.15, -0.1) is 0 Å². The highest BCUT2D eigenvalue weighted by molar-refractivity contribution is 5.33. The van der Waals surface area contributed by atoms with E-state index in [1.807, 2.05) is 24.3 Å². The van der Waals surface area contributed by atoms with Gasteiger partial charge in [0.05, 0.1) is 18.2 Å². The van der Waals surface area contributed by atoms with Crippen molar-refractivity contribution >= 4 is 0 Å². The van der Waals surface area contributed by atoms with Crippen LogP contribution in [0.25, 0.3) is 0 Å². The van der Waals surface area contributed by atoms with E-state index >= 15 is 0 Å². The molecule has 1 fully saturated rings. The molecule has 1 aromatic rings. The van der Waals surface area contributed by atoms with E-state index < -0.39 is 0 Å². The number of nitriles is 1. The number of nitrogens with zero attached hydrogens (tertiary/aromatic N) is 2. The van der Waals surface area contributed by atoms with E-state index in [0.717, 1.165) is 32.5 Å². The molecular weight excluding hydrogens is 238 g/mol. The lowest BCUT2D eigenvalue weighted by atomic mass is 9.90. The predicted octanol–water partition coefficient (Wildman–Crippen LogP) is 1.67. The first-order chi connectivity index (χ1) is 9.26. The highest BCUT2D eigenvalue weighted by atomic mass is 16.5. The van der Waals surface area contributed by atoms with Crippen molar-refractivity contribution in [3.8, 4) is 6.07 Å². The molecule has 0 amide bonds. The monoisotopic (exact) mass is 259 g/mol. The molecule has 19 heavy (non-hydrogen) atoms. The number of likely N-dealkylation sites (tertiary alicyclic amines) is 1. The van der Waals surface area contributed by atoms with Crippen LogP contribution in [0.1, 0.15) is 30.0 Å². The summed E-state index contributed by atoms with van der Waals surface area (Å²) in [7, 11) is 1.72. The van der Waals surface area contributed by atoms with Crippen molar-refractivity contribution in [2.24, 2.45) is 5.73 Å². The molecule has 2 rings (SSSR count). The molecule has 2 atom stereocenters. The minimum Gasteiger partial charge on any atom is -0.383 e. The molecule has 102 valence electrons.